The molecule has 5 atom stereocenters. The van der Waals surface area contributed by atoms with E-state index in [9.17, 15) is 9.59 Å². The van der Waals surface area contributed by atoms with E-state index in [0.717, 1.165) is 51.0 Å². The molecule has 1 saturated carbocycles. The number of nitrogens with zero attached hydrogens (tertiary/aromatic N) is 2. The molecule has 1 aliphatic carbocycles. The minimum Gasteiger partial charge on any atom is -0.496 e. The predicted octanol–water partition coefficient (Wildman–Crippen LogP) is 3.46. The number of hydrogen-bond acceptors (Lipinski definition) is 5. The lowest BCUT2D eigenvalue weighted by atomic mass is 9.78. The SMILES string of the molecule is O=C1C(c2ccccc2)=COC2CC(OCCN3CC4CC(C3)c3cccc(=O)n3C4)CCC12. The van der Waals surface area contributed by atoms with Crippen molar-refractivity contribution in [2.75, 3.05) is 26.2 Å². The van der Waals surface area contributed by atoms with Crippen molar-refractivity contribution >= 4 is 11.4 Å². The van der Waals surface area contributed by atoms with Crippen molar-refractivity contribution in [1.29, 1.82) is 0 Å². The Bertz CT molecular complexity index is 1140. The highest BCUT2D eigenvalue weighted by molar-refractivity contribution is 6.22. The second kappa shape index (κ2) is 9.16. The third-order valence-corrected chi connectivity index (χ3v) is 8.11. The number of fused-ring (bicyclic) bond motifs is 5. The lowest BCUT2D eigenvalue weighted by Gasteiger charge is -2.43. The third kappa shape index (κ3) is 4.14. The first-order chi connectivity index (χ1) is 16.7. The molecule has 4 heterocycles. The van der Waals surface area contributed by atoms with Crippen molar-refractivity contribution in [3.05, 3.63) is 76.4 Å². The van der Waals surface area contributed by atoms with E-state index < -0.39 is 0 Å². The summed E-state index contributed by atoms with van der Waals surface area (Å²) in [5.74, 6) is 1.11. The Morgan fingerprint density at radius 2 is 1.82 bits per heavy atom. The smallest absolute Gasteiger partial charge is 0.250 e. The second-order valence-electron chi connectivity index (χ2n) is 10.3. The molecule has 1 saturated heterocycles. The zero-order valence-corrected chi connectivity index (χ0v) is 19.5. The van der Waals surface area contributed by atoms with E-state index in [2.05, 4.69) is 11.0 Å². The van der Waals surface area contributed by atoms with Crippen molar-refractivity contribution < 1.29 is 14.3 Å². The Morgan fingerprint density at radius 3 is 2.71 bits per heavy atom. The zero-order valence-electron chi connectivity index (χ0n) is 19.5. The van der Waals surface area contributed by atoms with Crippen LogP contribution in [0.5, 0.6) is 0 Å². The van der Waals surface area contributed by atoms with Crippen LogP contribution in [0.25, 0.3) is 5.57 Å². The van der Waals surface area contributed by atoms with Crippen molar-refractivity contribution in [1.82, 2.24) is 9.47 Å². The molecule has 4 aliphatic rings. The van der Waals surface area contributed by atoms with E-state index in [1.807, 2.05) is 41.0 Å². The first kappa shape index (κ1) is 21.8. The molecule has 6 heteroatoms. The molecule has 6 rings (SSSR count). The van der Waals surface area contributed by atoms with E-state index in [4.69, 9.17) is 9.47 Å². The van der Waals surface area contributed by atoms with Crippen LogP contribution in [0.1, 0.15) is 42.9 Å². The monoisotopic (exact) mass is 460 g/mol. The maximum atomic E-state index is 13.1. The molecule has 0 spiro atoms. The molecule has 6 nitrogen and oxygen atoms in total. The van der Waals surface area contributed by atoms with Crippen LogP contribution in [0.2, 0.25) is 0 Å². The van der Waals surface area contributed by atoms with E-state index in [1.165, 1.54) is 12.1 Å². The predicted molar refractivity (Wildman–Crippen MR) is 129 cm³/mol. The number of carbonyl (C=O) groups is 1. The minimum absolute atomic E-state index is 0.0648. The Morgan fingerprint density at radius 1 is 0.941 bits per heavy atom. The number of pyridine rings is 1. The average Bonchev–Trinajstić information content (AvgIpc) is 2.85. The van der Waals surface area contributed by atoms with Crippen LogP contribution < -0.4 is 5.56 Å². The van der Waals surface area contributed by atoms with E-state index in [1.54, 1.807) is 12.3 Å². The molecule has 5 unspecified atom stereocenters. The van der Waals surface area contributed by atoms with Gasteiger partial charge in [0.05, 0.1) is 30.5 Å². The summed E-state index contributed by atoms with van der Waals surface area (Å²) in [6.07, 6.45) is 5.40. The van der Waals surface area contributed by atoms with Gasteiger partial charge in [-0.2, -0.15) is 0 Å². The summed E-state index contributed by atoms with van der Waals surface area (Å²) in [4.78, 5) is 27.8. The van der Waals surface area contributed by atoms with Crippen molar-refractivity contribution in [3.63, 3.8) is 0 Å². The number of likely N-dealkylation sites (tertiary alicyclic amines) is 1. The number of rotatable bonds is 5. The quantitative estimate of drug-likeness (QED) is 0.684. The maximum absolute atomic E-state index is 13.1. The molecule has 2 aromatic rings. The second-order valence-corrected chi connectivity index (χ2v) is 10.3. The van der Waals surface area contributed by atoms with Gasteiger partial charge in [0.1, 0.15) is 6.10 Å². The number of Topliss-reactive ketones (excluding diaryl/α,β-unsaturated/α-hetero) is 1. The number of benzene rings is 1. The van der Waals surface area contributed by atoms with Crippen LogP contribution in [0.4, 0.5) is 0 Å². The molecule has 2 bridgehead atoms. The number of ether oxygens (including phenoxy) is 2. The maximum Gasteiger partial charge on any atom is 0.250 e. The largest absolute Gasteiger partial charge is 0.496 e. The van der Waals surface area contributed by atoms with Gasteiger partial charge in [0, 0.05) is 50.3 Å². The normalized spacial score (nSPS) is 30.6. The average molecular weight is 461 g/mol. The van der Waals surface area contributed by atoms with Crippen LogP contribution >= 0.6 is 0 Å². The summed E-state index contributed by atoms with van der Waals surface area (Å²) in [6, 6.07) is 15.5. The Kier molecular flexibility index (Phi) is 5.87. The van der Waals surface area contributed by atoms with Crippen LogP contribution in [-0.2, 0) is 20.8 Å². The molecule has 2 fully saturated rings. The fraction of sp³-hybridized carbons (Fsp3) is 0.500. The molecular weight excluding hydrogens is 428 g/mol. The molecule has 34 heavy (non-hydrogen) atoms. The third-order valence-electron chi connectivity index (χ3n) is 8.11. The van der Waals surface area contributed by atoms with Crippen LogP contribution in [0.15, 0.2) is 59.6 Å². The van der Waals surface area contributed by atoms with Crippen LogP contribution in [0, 0.1) is 11.8 Å². The number of carbonyl (C=O) groups excluding carboxylic acids is 1. The summed E-state index contributed by atoms with van der Waals surface area (Å²) >= 11 is 0. The number of aromatic nitrogens is 1. The fourth-order valence-electron chi connectivity index (χ4n) is 6.46. The van der Waals surface area contributed by atoms with Gasteiger partial charge in [-0.25, -0.2) is 0 Å². The van der Waals surface area contributed by atoms with E-state index >= 15 is 0 Å². The molecule has 0 radical (unpaired) electrons. The van der Waals surface area contributed by atoms with Crippen LogP contribution in [0.3, 0.4) is 0 Å². The van der Waals surface area contributed by atoms with Gasteiger partial charge in [-0.3, -0.25) is 9.59 Å². The van der Waals surface area contributed by atoms with Gasteiger partial charge in [-0.15, -0.1) is 0 Å². The summed E-state index contributed by atoms with van der Waals surface area (Å²) < 4.78 is 14.3. The highest BCUT2D eigenvalue weighted by Gasteiger charge is 2.41. The highest BCUT2D eigenvalue weighted by Crippen LogP contribution is 2.38. The first-order valence-electron chi connectivity index (χ1n) is 12.6. The Hall–Kier alpha value is -2.70. The standard InChI is InChI=1S/C28H32N2O4/c31-27-8-4-7-25-21-13-19(16-30(25)27)15-29(17-21)11-12-33-22-9-10-23-26(14-22)34-18-24(28(23)32)20-5-2-1-3-6-20/h1-8,18-19,21-23,26H,9-17H2. The van der Waals surface area contributed by atoms with Crippen molar-refractivity contribution in [2.24, 2.45) is 11.8 Å². The van der Waals surface area contributed by atoms with Gasteiger partial charge >= 0.3 is 0 Å². The first-order valence-corrected chi connectivity index (χ1v) is 12.6. The molecule has 1 aromatic heterocycles. The lowest BCUT2D eigenvalue weighted by molar-refractivity contribution is -0.128. The van der Waals surface area contributed by atoms with Gasteiger partial charge in [-0.05, 0) is 36.8 Å². The minimum atomic E-state index is -0.0807. The molecule has 0 N–H and O–H groups in total. The van der Waals surface area contributed by atoms with E-state index in [-0.39, 0.29) is 29.5 Å². The number of ketones is 1. The Labute approximate surface area is 200 Å². The summed E-state index contributed by atoms with van der Waals surface area (Å²) in [6.45, 7) is 4.46. The van der Waals surface area contributed by atoms with Gasteiger partial charge < -0.3 is 18.9 Å². The van der Waals surface area contributed by atoms with Crippen LogP contribution in [-0.4, -0.2) is 53.7 Å². The van der Waals surface area contributed by atoms with Gasteiger partial charge in [-0.1, -0.05) is 36.4 Å². The molecule has 178 valence electrons. The highest BCUT2D eigenvalue weighted by atomic mass is 16.5. The molecule has 3 aliphatic heterocycles. The molecule has 0 amide bonds. The number of hydrogen-bond donors (Lipinski definition) is 0. The molecular formula is C28H32N2O4. The summed E-state index contributed by atoms with van der Waals surface area (Å²) in [7, 11) is 0. The summed E-state index contributed by atoms with van der Waals surface area (Å²) in [5, 5.41) is 0. The summed E-state index contributed by atoms with van der Waals surface area (Å²) in [5.41, 5.74) is 2.95. The molecule has 1 aromatic carbocycles. The van der Waals surface area contributed by atoms with E-state index in [0.29, 0.717) is 24.0 Å². The van der Waals surface area contributed by atoms with Gasteiger partial charge in [0.2, 0.25) is 0 Å². The lowest BCUT2D eigenvalue weighted by Crippen LogP contribution is -2.48. The topological polar surface area (TPSA) is 60.8 Å². The number of piperidine rings is 1. The fourth-order valence-corrected chi connectivity index (χ4v) is 6.46. The zero-order chi connectivity index (χ0) is 23.1. The van der Waals surface area contributed by atoms with Crippen molar-refractivity contribution in [2.45, 2.75) is 50.4 Å². The number of allylic oxidation sites excluding steroid dienone is 1. The van der Waals surface area contributed by atoms with Crippen molar-refractivity contribution in [3.8, 4) is 0 Å². The van der Waals surface area contributed by atoms with Gasteiger partial charge in [0.15, 0.2) is 5.78 Å². The van der Waals surface area contributed by atoms with Gasteiger partial charge in [0.25, 0.3) is 5.56 Å². The Balaban J connectivity index is 1.02.